The van der Waals surface area contributed by atoms with Gasteiger partial charge in [0.15, 0.2) is 17.0 Å². The van der Waals surface area contributed by atoms with E-state index in [1.807, 2.05) is 42.7 Å². The van der Waals surface area contributed by atoms with E-state index in [4.69, 9.17) is 21.6 Å². The van der Waals surface area contributed by atoms with E-state index in [0.717, 1.165) is 48.7 Å². The molecule has 2 N–H and O–H groups in total. The molecule has 142 valence electrons. The van der Waals surface area contributed by atoms with Gasteiger partial charge in [0, 0.05) is 31.7 Å². The summed E-state index contributed by atoms with van der Waals surface area (Å²) in [6, 6.07) is 7.42. The lowest BCUT2D eigenvalue weighted by atomic mass is 10.2. The zero-order valence-corrected chi connectivity index (χ0v) is 16.2. The molecule has 1 aliphatic heterocycles. The fraction of sp³-hybridized carbons (Fsp3) is 0.421. The summed E-state index contributed by atoms with van der Waals surface area (Å²) >= 11 is 6.46. The molecule has 8 heteroatoms. The Morgan fingerprint density at radius 2 is 1.93 bits per heavy atom. The van der Waals surface area contributed by atoms with Crippen LogP contribution in [-0.4, -0.2) is 57.4 Å². The Hall–Kier alpha value is -2.22. The fourth-order valence-corrected chi connectivity index (χ4v) is 3.71. The monoisotopic (exact) mass is 386 g/mol. The summed E-state index contributed by atoms with van der Waals surface area (Å²) in [7, 11) is 0. The second-order valence-corrected chi connectivity index (χ2v) is 7.23. The number of halogens is 1. The number of aliphatic hydroxyl groups is 1. The minimum Gasteiger partial charge on any atom is -0.394 e. The zero-order valence-electron chi connectivity index (χ0n) is 15.5. The van der Waals surface area contributed by atoms with Gasteiger partial charge in [-0.1, -0.05) is 23.7 Å². The minimum atomic E-state index is -0.188. The number of rotatable bonds is 4. The molecule has 27 heavy (non-hydrogen) atoms. The summed E-state index contributed by atoms with van der Waals surface area (Å²) in [5.41, 5.74) is 2.30. The van der Waals surface area contributed by atoms with Crippen molar-refractivity contribution in [3.8, 4) is 11.4 Å². The number of aliphatic hydroxyl groups excluding tert-OH is 1. The van der Waals surface area contributed by atoms with Gasteiger partial charge in [-0.2, -0.15) is 0 Å². The third-order valence-corrected chi connectivity index (χ3v) is 5.20. The number of piperazine rings is 1. The van der Waals surface area contributed by atoms with Crippen molar-refractivity contribution in [3.05, 3.63) is 35.1 Å². The molecule has 2 aromatic heterocycles. The molecule has 0 aliphatic carbocycles. The number of hydrogen-bond donors (Lipinski definition) is 2. The molecule has 3 aromatic rings. The molecular formula is C19H23ClN6O. The summed E-state index contributed by atoms with van der Waals surface area (Å²) in [5.74, 6) is 2.23. The first-order valence-corrected chi connectivity index (χ1v) is 9.56. The molecule has 0 radical (unpaired) electrons. The number of benzene rings is 1. The molecule has 1 atom stereocenters. The molecule has 0 bridgehead atoms. The van der Waals surface area contributed by atoms with Gasteiger partial charge in [0.2, 0.25) is 0 Å². The van der Waals surface area contributed by atoms with Gasteiger partial charge < -0.3 is 19.9 Å². The van der Waals surface area contributed by atoms with E-state index in [-0.39, 0.29) is 12.6 Å². The van der Waals surface area contributed by atoms with Crippen LogP contribution < -0.4 is 10.2 Å². The standard InChI is InChI=1S/C19H23ClN6O/c1-12(11-27)26-17(14-5-3-4-6-15(14)20)24-16-18(22-13(2)23-19(16)26)25-9-7-21-8-10-25/h3-6,12,21,27H,7-11H2,1-2H3. The van der Waals surface area contributed by atoms with Gasteiger partial charge in [-0.15, -0.1) is 0 Å². The van der Waals surface area contributed by atoms with Crippen LogP contribution in [0.1, 0.15) is 18.8 Å². The topological polar surface area (TPSA) is 79.1 Å². The Balaban J connectivity index is 1.99. The maximum absolute atomic E-state index is 9.85. The van der Waals surface area contributed by atoms with E-state index >= 15 is 0 Å². The molecule has 1 aliphatic rings. The molecule has 4 rings (SSSR count). The summed E-state index contributed by atoms with van der Waals surface area (Å²) in [6.45, 7) is 7.38. The van der Waals surface area contributed by atoms with E-state index in [2.05, 4.69) is 15.2 Å². The van der Waals surface area contributed by atoms with Crippen LogP contribution in [0.3, 0.4) is 0 Å². The van der Waals surface area contributed by atoms with E-state index in [9.17, 15) is 5.11 Å². The summed E-state index contributed by atoms with van der Waals surface area (Å²) in [6.07, 6.45) is 0. The Bertz CT molecular complexity index is 966. The largest absolute Gasteiger partial charge is 0.394 e. The number of imidazole rings is 1. The van der Waals surface area contributed by atoms with Crippen molar-refractivity contribution in [1.29, 1.82) is 0 Å². The van der Waals surface area contributed by atoms with Crippen LogP contribution in [0.4, 0.5) is 5.82 Å². The molecule has 1 aromatic carbocycles. The highest BCUT2D eigenvalue weighted by molar-refractivity contribution is 6.33. The second kappa shape index (κ2) is 7.42. The summed E-state index contributed by atoms with van der Waals surface area (Å²) < 4.78 is 1.97. The Kier molecular flexibility index (Phi) is 4.99. The molecular weight excluding hydrogens is 364 g/mol. The van der Waals surface area contributed by atoms with Crippen LogP contribution >= 0.6 is 11.6 Å². The van der Waals surface area contributed by atoms with Crippen molar-refractivity contribution in [3.63, 3.8) is 0 Å². The van der Waals surface area contributed by atoms with Gasteiger partial charge in [0.25, 0.3) is 0 Å². The van der Waals surface area contributed by atoms with Crippen LogP contribution in [0.2, 0.25) is 5.02 Å². The Labute approximate surface area is 163 Å². The quantitative estimate of drug-likeness (QED) is 0.717. The molecule has 0 spiro atoms. The minimum absolute atomic E-state index is 0.0189. The fourth-order valence-electron chi connectivity index (χ4n) is 3.49. The third kappa shape index (κ3) is 3.26. The van der Waals surface area contributed by atoms with Crippen molar-refractivity contribution in [2.24, 2.45) is 0 Å². The number of anilines is 1. The summed E-state index contributed by atoms with van der Waals surface area (Å²) in [5, 5.41) is 13.8. The maximum atomic E-state index is 9.85. The van der Waals surface area contributed by atoms with Crippen molar-refractivity contribution in [2.75, 3.05) is 37.7 Å². The van der Waals surface area contributed by atoms with Gasteiger partial charge in [-0.3, -0.25) is 0 Å². The number of fused-ring (bicyclic) bond motifs is 1. The first kappa shape index (κ1) is 18.2. The summed E-state index contributed by atoms with van der Waals surface area (Å²) in [4.78, 5) is 16.5. The molecule has 3 heterocycles. The van der Waals surface area contributed by atoms with Crippen molar-refractivity contribution >= 4 is 28.6 Å². The first-order valence-electron chi connectivity index (χ1n) is 9.18. The SMILES string of the molecule is Cc1nc(N2CCNCC2)c2nc(-c3ccccc3Cl)n(C(C)CO)c2n1. The number of hydrogen-bond acceptors (Lipinski definition) is 6. The van der Waals surface area contributed by atoms with E-state index in [0.29, 0.717) is 16.7 Å². The highest BCUT2D eigenvalue weighted by Crippen LogP contribution is 2.34. The molecule has 7 nitrogen and oxygen atoms in total. The van der Waals surface area contributed by atoms with E-state index in [1.54, 1.807) is 0 Å². The smallest absolute Gasteiger partial charge is 0.166 e. The predicted octanol–water partition coefficient (Wildman–Crippen LogP) is 2.42. The first-order chi connectivity index (χ1) is 13.1. The van der Waals surface area contributed by atoms with Gasteiger partial charge in [0.05, 0.1) is 17.7 Å². The van der Waals surface area contributed by atoms with Crippen LogP contribution in [0.25, 0.3) is 22.6 Å². The molecule has 0 saturated carbocycles. The lowest BCUT2D eigenvalue weighted by Gasteiger charge is -2.28. The van der Waals surface area contributed by atoms with Crippen molar-refractivity contribution in [2.45, 2.75) is 19.9 Å². The van der Waals surface area contributed by atoms with Crippen LogP contribution in [-0.2, 0) is 0 Å². The van der Waals surface area contributed by atoms with E-state index < -0.39 is 0 Å². The average molecular weight is 387 g/mol. The molecule has 1 saturated heterocycles. The van der Waals surface area contributed by atoms with Crippen molar-refractivity contribution < 1.29 is 5.11 Å². The van der Waals surface area contributed by atoms with Crippen LogP contribution in [0.5, 0.6) is 0 Å². The van der Waals surface area contributed by atoms with Crippen LogP contribution in [0.15, 0.2) is 24.3 Å². The predicted molar refractivity (Wildman–Crippen MR) is 107 cm³/mol. The average Bonchev–Trinajstić information content (AvgIpc) is 3.06. The maximum Gasteiger partial charge on any atom is 0.166 e. The van der Waals surface area contributed by atoms with Gasteiger partial charge in [-0.05, 0) is 26.0 Å². The second-order valence-electron chi connectivity index (χ2n) is 6.82. The van der Waals surface area contributed by atoms with Crippen molar-refractivity contribution in [1.82, 2.24) is 24.8 Å². The highest BCUT2D eigenvalue weighted by atomic mass is 35.5. The number of aryl methyl sites for hydroxylation is 1. The van der Waals surface area contributed by atoms with Gasteiger partial charge in [0.1, 0.15) is 11.6 Å². The molecule has 1 fully saturated rings. The lowest BCUT2D eigenvalue weighted by molar-refractivity contribution is 0.242. The Morgan fingerprint density at radius 1 is 1.19 bits per heavy atom. The lowest BCUT2D eigenvalue weighted by Crippen LogP contribution is -2.44. The Morgan fingerprint density at radius 3 is 2.63 bits per heavy atom. The highest BCUT2D eigenvalue weighted by Gasteiger charge is 2.25. The normalized spacial score (nSPS) is 16.1. The number of aromatic nitrogens is 4. The number of nitrogens with zero attached hydrogens (tertiary/aromatic N) is 5. The number of nitrogens with one attached hydrogen (secondary N) is 1. The van der Waals surface area contributed by atoms with Gasteiger partial charge in [-0.25, -0.2) is 15.0 Å². The zero-order chi connectivity index (χ0) is 19.0. The van der Waals surface area contributed by atoms with E-state index in [1.165, 1.54) is 0 Å². The molecule has 1 unspecified atom stereocenters. The van der Waals surface area contributed by atoms with Crippen LogP contribution in [0, 0.1) is 6.92 Å². The third-order valence-electron chi connectivity index (χ3n) is 4.87. The molecule has 0 amide bonds. The van der Waals surface area contributed by atoms with Gasteiger partial charge >= 0.3 is 0 Å².